The molecule has 0 amide bonds. The predicted molar refractivity (Wildman–Crippen MR) is 78.3 cm³/mol. The average Bonchev–Trinajstić information content (AvgIpc) is 2.59. The Morgan fingerprint density at radius 1 is 1.41 bits per heavy atom. The first-order valence-corrected chi connectivity index (χ1v) is 8.60. The minimum absolute atomic E-state index is 0.675. The highest BCUT2D eigenvalue weighted by Gasteiger charge is 2.11. The minimum atomic E-state index is 0.675. The normalized spacial score (nSPS) is 18.2. The topological polar surface area (TPSA) is 29.9 Å². The number of nitrogens with zero attached hydrogens (tertiary/aromatic N) is 2. The second-order valence-corrected chi connectivity index (χ2v) is 6.81. The van der Waals surface area contributed by atoms with Gasteiger partial charge in [-0.2, -0.15) is 28.6 Å². The molecule has 1 N–H and O–H groups in total. The van der Waals surface area contributed by atoms with Gasteiger partial charge in [-0.25, -0.2) is 0 Å². The number of nitrogens with one attached hydrogen (secondary N) is 1. The van der Waals surface area contributed by atoms with E-state index in [-0.39, 0.29) is 0 Å². The van der Waals surface area contributed by atoms with E-state index in [1.54, 1.807) is 6.20 Å². The van der Waals surface area contributed by atoms with Crippen LogP contribution >= 0.6 is 35.1 Å². The molecule has 0 atom stereocenters. The van der Waals surface area contributed by atoms with E-state index < -0.39 is 0 Å². The number of thioether (sulfide) groups is 2. The molecular formula is C11H18ClN3S2. The summed E-state index contributed by atoms with van der Waals surface area (Å²) in [4.78, 5) is 0. The van der Waals surface area contributed by atoms with Crippen LogP contribution in [0.4, 0.5) is 0 Å². The maximum Gasteiger partial charge on any atom is 0.0785 e. The van der Waals surface area contributed by atoms with Crippen molar-refractivity contribution in [2.75, 3.05) is 29.6 Å². The molecule has 0 saturated carbocycles. The highest BCUT2D eigenvalue weighted by Crippen LogP contribution is 2.16. The lowest BCUT2D eigenvalue weighted by atomic mass is 10.3. The van der Waals surface area contributed by atoms with Crippen molar-refractivity contribution in [3.05, 3.63) is 17.4 Å². The zero-order chi connectivity index (χ0) is 11.9. The van der Waals surface area contributed by atoms with Crippen molar-refractivity contribution in [1.29, 1.82) is 0 Å². The van der Waals surface area contributed by atoms with Gasteiger partial charge in [-0.05, 0) is 13.0 Å². The summed E-state index contributed by atoms with van der Waals surface area (Å²) in [7, 11) is 0. The summed E-state index contributed by atoms with van der Waals surface area (Å²) in [5.74, 6) is 5.10. The zero-order valence-corrected chi connectivity index (χ0v) is 12.2. The summed E-state index contributed by atoms with van der Waals surface area (Å²) in [5, 5.41) is 8.50. The van der Waals surface area contributed by atoms with Gasteiger partial charge < -0.3 is 5.32 Å². The SMILES string of the molecule is Clc1cnn(CCCNC2CSCCSC2)c1. The van der Waals surface area contributed by atoms with Gasteiger partial charge in [0.05, 0.1) is 11.2 Å². The fraction of sp³-hybridized carbons (Fsp3) is 0.727. The Balaban J connectivity index is 1.59. The highest BCUT2D eigenvalue weighted by atomic mass is 35.5. The predicted octanol–water partition coefficient (Wildman–Crippen LogP) is 2.36. The molecule has 1 aromatic heterocycles. The summed E-state index contributed by atoms with van der Waals surface area (Å²) in [6, 6.07) is 0.675. The molecule has 1 aliphatic rings. The maximum absolute atomic E-state index is 5.81. The molecule has 1 aromatic rings. The van der Waals surface area contributed by atoms with Crippen molar-refractivity contribution in [1.82, 2.24) is 15.1 Å². The molecule has 1 aliphatic heterocycles. The quantitative estimate of drug-likeness (QED) is 0.844. The molecule has 0 aliphatic carbocycles. The van der Waals surface area contributed by atoms with E-state index in [1.165, 1.54) is 23.0 Å². The molecule has 0 unspecified atom stereocenters. The van der Waals surface area contributed by atoms with Crippen molar-refractivity contribution in [2.45, 2.75) is 19.0 Å². The van der Waals surface area contributed by atoms with Crippen molar-refractivity contribution < 1.29 is 0 Å². The summed E-state index contributed by atoms with van der Waals surface area (Å²) in [5.41, 5.74) is 0. The molecule has 2 heterocycles. The van der Waals surface area contributed by atoms with Gasteiger partial charge in [-0.1, -0.05) is 11.6 Å². The Kier molecular flexibility index (Phi) is 6.05. The Morgan fingerprint density at radius 3 is 2.82 bits per heavy atom. The Labute approximate surface area is 116 Å². The summed E-state index contributed by atoms with van der Waals surface area (Å²) in [6.45, 7) is 2.00. The van der Waals surface area contributed by atoms with Gasteiger partial charge >= 0.3 is 0 Å². The van der Waals surface area contributed by atoms with Crippen LogP contribution in [0.2, 0.25) is 5.02 Å². The van der Waals surface area contributed by atoms with Crippen molar-refractivity contribution >= 4 is 35.1 Å². The van der Waals surface area contributed by atoms with E-state index in [4.69, 9.17) is 11.6 Å². The molecule has 0 aromatic carbocycles. The number of aryl methyl sites for hydroxylation is 1. The molecule has 6 heteroatoms. The van der Waals surface area contributed by atoms with Gasteiger partial charge in [-0.3, -0.25) is 4.68 Å². The summed E-state index contributed by atoms with van der Waals surface area (Å²) < 4.78 is 1.90. The van der Waals surface area contributed by atoms with Crippen molar-refractivity contribution in [2.24, 2.45) is 0 Å². The van der Waals surface area contributed by atoms with E-state index in [9.17, 15) is 0 Å². The van der Waals surface area contributed by atoms with Crippen LogP contribution in [-0.4, -0.2) is 45.4 Å². The van der Waals surface area contributed by atoms with E-state index in [1.807, 2.05) is 10.9 Å². The maximum atomic E-state index is 5.81. The summed E-state index contributed by atoms with van der Waals surface area (Å²) in [6.07, 6.45) is 4.66. The fourth-order valence-electron chi connectivity index (χ4n) is 1.74. The van der Waals surface area contributed by atoms with Gasteiger partial charge in [0.15, 0.2) is 0 Å². The number of aromatic nitrogens is 2. The second-order valence-electron chi connectivity index (χ2n) is 4.08. The van der Waals surface area contributed by atoms with E-state index in [0.29, 0.717) is 6.04 Å². The molecule has 0 spiro atoms. The van der Waals surface area contributed by atoms with Crippen LogP contribution in [-0.2, 0) is 6.54 Å². The molecular weight excluding hydrogens is 274 g/mol. The van der Waals surface area contributed by atoms with E-state index in [2.05, 4.69) is 33.9 Å². The molecule has 1 saturated heterocycles. The third-order valence-electron chi connectivity index (χ3n) is 2.61. The van der Waals surface area contributed by atoms with Crippen LogP contribution in [0.1, 0.15) is 6.42 Å². The number of hydrogen-bond acceptors (Lipinski definition) is 4. The molecule has 0 radical (unpaired) electrons. The van der Waals surface area contributed by atoms with E-state index >= 15 is 0 Å². The Morgan fingerprint density at radius 2 is 2.18 bits per heavy atom. The van der Waals surface area contributed by atoms with Crippen LogP contribution in [0.15, 0.2) is 12.4 Å². The first kappa shape index (κ1) is 13.6. The zero-order valence-electron chi connectivity index (χ0n) is 9.77. The van der Waals surface area contributed by atoms with Gasteiger partial charge in [0.1, 0.15) is 0 Å². The number of halogens is 1. The third-order valence-corrected chi connectivity index (χ3v) is 5.32. The van der Waals surface area contributed by atoms with Crippen molar-refractivity contribution in [3.8, 4) is 0 Å². The average molecular weight is 292 g/mol. The van der Waals surface area contributed by atoms with Crippen LogP contribution in [0, 0.1) is 0 Å². The standard InChI is InChI=1S/C11H18ClN3S2/c12-10-6-14-15(7-10)3-1-2-13-11-8-16-4-5-17-9-11/h6-7,11,13H,1-5,8-9H2. The fourth-order valence-corrected chi connectivity index (χ4v) is 4.36. The largest absolute Gasteiger partial charge is 0.312 e. The monoisotopic (exact) mass is 291 g/mol. The van der Waals surface area contributed by atoms with Crippen molar-refractivity contribution in [3.63, 3.8) is 0 Å². The van der Waals surface area contributed by atoms with Crippen LogP contribution in [0.25, 0.3) is 0 Å². The van der Waals surface area contributed by atoms with E-state index in [0.717, 1.165) is 24.5 Å². The summed E-state index contributed by atoms with van der Waals surface area (Å²) >= 11 is 9.94. The lowest BCUT2D eigenvalue weighted by Gasteiger charge is -2.15. The van der Waals surface area contributed by atoms with Gasteiger partial charge in [0, 0.05) is 41.8 Å². The lowest BCUT2D eigenvalue weighted by Crippen LogP contribution is -2.34. The number of hydrogen-bond donors (Lipinski definition) is 1. The third kappa shape index (κ3) is 5.12. The van der Waals surface area contributed by atoms with Crippen LogP contribution in [0.3, 0.4) is 0 Å². The molecule has 0 bridgehead atoms. The molecule has 2 rings (SSSR count). The smallest absolute Gasteiger partial charge is 0.0785 e. The van der Waals surface area contributed by atoms with Crippen LogP contribution in [0.5, 0.6) is 0 Å². The highest BCUT2D eigenvalue weighted by molar-refractivity contribution is 8.03. The Hall–Kier alpha value is 0.160. The Bertz CT molecular complexity index is 324. The van der Waals surface area contributed by atoms with Gasteiger partial charge in [-0.15, -0.1) is 0 Å². The molecule has 96 valence electrons. The number of rotatable bonds is 5. The molecule has 17 heavy (non-hydrogen) atoms. The van der Waals surface area contributed by atoms with Gasteiger partial charge in [0.25, 0.3) is 0 Å². The lowest BCUT2D eigenvalue weighted by molar-refractivity contribution is 0.519. The van der Waals surface area contributed by atoms with Crippen LogP contribution < -0.4 is 5.32 Å². The first-order chi connectivity index (χ1) is 8.34. The molecule has 1 fully saturated rings. The molecule has 3 nitrogen and oxygen atoms in total. The van der Waals surface area contributed by atoms with Gasteiger partial charge in [0.2, 0.25) is 0 Å². The minimum Gasteiger partial charge on any atom is -0.312 e. The second kappa shape index (κ2) is 7.56. The first-order valence-electron chi connectivity index (χ1n) is 5.91.